The molecule has 4 rings (SSSR count). The van der Waals surface area contributed by atoms with E-state index in [0.29, 0.717) is 74.0 Å². The Morgan fingerprint density at radius 2 is 1.74 bits per heavy atom. The number of hydrogen-bond acceptors (Lipinski definition) is 8. The second kappa shape index (κ2) is 15.1. The maximum Gasteiger partial charge on any atom is 0.262 e. The Hall–Kier alpha value is -3.52. The lowest BCUT2D eigenvalue weighted by atomic mass is 10.1. The molecule has 1 aliphatic rings. The number of carbonyl (C=O) groups is 1. The number of furan rings is 1. The fourth-order valence-corrected chi connectivity index (χ4v) is 5.32. The number of anilines is 1. The summed E-state index contributed by atoms with van der Waals surface area (Å²) < 4.78 is 64.2. The van der Waals surface area contributed by atoms with E-state index in [2.05, 4.69) is 14.7 Å². The van der Waals surface area contributed by atoms with Gasteiger partial charge in [0.25, 0.3) is 5.91 Å². The number of rotatable bonds is 18. The normalized spacial score (nSPS) is 13.3. The maximum atomic E-state index is 13.6. The van der Waals surface area contributed by atoms with E-state index < -0.39 is 15.8 Å². The largest absolute Gasteiger partial charge is 0.460 e. The summed E-state index contributed by atoms with van der Waals surface area (Å²) in [5, 5.41) is 3.78. The fourth-order valence-electron chi connectivity index (χ4n) is 4.22. The number of sulfonamides is 1. The van der Waals surface area contributed by atoms with Crippen LogP contribution in [0.5, 0.6) is 0 Å². The van der Waals surface area contributed by atoms with Crippen molar-refractivity contribution in [1.29, 1.82) is 0 Å². The molecule has 0 radical (unpaired) electrons. The first kappa shape index (κ1) is 31.4. The van der Waals surface area contributed by atoms with Crippen molar-refractivity contribution in [3.63, 3.8) is 0 Å². The Bertz CT molecular complexity index is 1500. The van der Waals surface area contributed by atoms with Crippen molar-refractivity contribution in [3.8, 4) is 0 Å². The molecular weight excluding hydrogens is 569 g/mol. The number of azide groups is 1. The average Bonchev–Trinajstić information content (AvgIpc) is 3.76. The van der Waals surface area contributed by atoms with Gasteiger partial charge in [0.2, 0.25) is 10.0 Å². The molecule has 1 fully saturated rings. The molecule has 1 N–H and O–H groups in total. The third kappa shape index (κ3) is 8.51. The Kier molecular flexibility index (Phi) is 11.3. The van der Waals surface area contributed by atoms with Crippen molar-refractivity contribution in [2.75, 3.05) is 64.7 Å². The number of halogens is 1. The van der Waals surface area contributed by atoms with E-state index in [1.807, 2.05) is 0 Å². The van der Waals surface area contributed by atoms with E-state index in [1.54, 1.807) is 13.1 Å². The first-order chi connectivity index (χ1) is 20.3. The summed E-state index contributed by atoms with van der Waals surface area (Å²) in [4.78, 5) is 17.7. The lowest BCUT2D eigenvalue weighted by molar-refractivity contribution is 0.0158. The van der Waals surface area contributed by atoms with Crippen molar-refractivity contribution < 1.29 is 36.2 Å². The summed E-state index contributed by atoms with van der Waals surface area (Å²) in [5.41, 5.74) is 9.44. The van der Waals surface area contributed by atoms with Crippen LogP contribution in [0.25, 0.3) is 21.4 Å². The number of fused-ring (bicyclic) bond motifs is 1. The molecule has 42 heavy (non-hydrogen) atoms. The zero-order valence-corrected chi connectivity index (χ0v) is 24.1. The first-order valence-electron chi connectivity index (χ1n) is 13.7. The summed E-state index contributed by atoms with van der Waals surface area (Å²) in [6.45, 7) is 2.62. The molecule has 0 bridgehead atoms. The molecule has 1 heterocycles. The molecule has 226 valence electrons. The standard InChI is InChI=1S/C28H34FN5O7S/c1-34(22-7-5-21(29)6-8-22)28(35)26-24-19-23(9-10-25(24)41-27(26)20-3-4-20)42(36,37)32-11-2-13-38-15-17-40-18-16-39-14-12-31-33-30/h5-10,19-20,32H,2-4,11-18H2,1H3. The number of hydrogen-bond donors (Lipinski definition) is 1. The molecule has 14 heteroatoms. The topological polar surface area (TPSA) is 156 Å². The maximum absolute atomic E-state index is 13.6. The van der Waals surface area contributed by atoms with E-state index >= 15 is 0 Å². The Balaban J connectivity index is 1.30. The van der Waals surface area contributed by atoms with Gasteiger partial charge in [0.05, 0.1) is 43.5 Å². The van der Waals surface area contributed by atoms with Gasteiger partial charge in [-0.3, -0.25) is 4.79 Å². The van der Waals surface area contributed by atoms with E-state index in [-0.39, 0.29) is 29.8 Å². The van der Waals surface area contributed by atoms with Crippen LogP contribution in [0, 0.1) is 5.82 Å². The molecule has 1 amide bonds. The van der Waals surface area contributed by atoms with E-state index in [4.69, 9.17) is 24.2 Å². The van der Waals surface area contributed by atoms with E-state index in [1.165, 1.54) is 41.3 Å². The van der Waals surface area contributed by atoms with Gasteiger partial charge in [-0.05, 0) is 67.3 Å². The van der Waals surface area contributed by atoms with Gasteiger partial charge in [-0.1, -0.05) is 5.11 Å². The minimum atomic E-state index is -3.86. The van der Waals surface area contributed by atoms with Crippen LogP contribution in [0.3, 0.4) is 0 Å². The third-order valence-corrected chi connectivity index (χ3v) is 8.04. The number of nitrogens with one attached hydrogen (secondary N) is 1. The van der Waals surface area contributed by atoms with Crippen LogP contribution in [0.15, 0.2) is 56.9 Å². The lowest BCUT2D eigenvalue weighted by Gasteiger charge is -2.17. The number of nitrogens with zero attached hydrogens (tertiary/aromatic N) is 4. The molecule has 0 atom stereocenters. The van der Waals surface area contributed by atoms with Gasteiger partial charge in [0.1, 0.15) is 17.2 Å². The van der Waals surface area contributed by atoms with Gasteiger partial charge >= 0.3 is 0 Å². The van der Waals surface area contributed by atoms with Gasteiger partial charge in [-0.2, -0.15) is 0 Å². The van der Waals surface area contributed by atoms with Crippen LogP contribution in [-0.4, -0.2) is 74.1 Å². The number of ether oxygens (including phenoxy) is 3. The molecular formula is C28H34FN5O7S. The monoisotopic (exact) mass is 603 g/mol. The minimum Gasteiger partial charge on any atom is -0.460 e. The predicted octanol–water partition coefficient (Wildman–Crippen LogP) is 4.75. The van der Waals surface area contributed by atoms with Crippen LogP contribution >= 0.6 is 0 Å². The summed E-state index contributed by atoms with van der Waals surface area (Å²) >= 11 is 0. The number of benzene rings is 2. The van der Waals surface area contributed by atoms with Crippen molar-refractivity contribution in [2.45, 2.75) is 30.1 Å². The van der Waals surface area contributed by atoms with Crippen molar-refractivity contribution in [3.05, 3.63) is 70.0 Å². The average molecular weight is 604 g/mol. The zero-order valence-electron chi connectivity index (χ0n) is 23.3. The van der Waals surface area contributed by atoms with Crippen molar-refractivity contribution in [1.82, 2.24) is 4.72 Å². The Morgan fingerprint density at radius 1 is 1.07 bits per heavy atom. The lowest BCUT2D eigenvalue weighted by Crippen LogP contribution is -2.27. The van der Waals surface area contributed by atoms with E-state index in [9.17, 15) is 17.6 Å². The molecule has 2 aromatic carbocycles. The van der Waals surface area contributed by atoms with Crippen LogP contribution in [0.4, 0.5) is 10.1 Å². The Labute approximate surface area is 243 Å². The van der Waals surface area contributed by atoms with Gasteiger partial charge < -0.3 is 23.5 Å². The quantitative estimate of drug-likeness (QED) is 0.0951. The summed E-state index contributed by atoms with van der Waals surface area (Å²) in [6, 6.07) is 10.1. The van der Waals surface area contributed by atoms with Crippen LogP contribution in [-0.2, 0) is 24.2 Å². The van der Waals surface area contributed by atoms with Gasteiger partial charge in [0, 0.05) is 48.6 Å². The number of amides is 1. The molecule has 0 unspecified atom stereocenters. The van der Waals surface area contributed by atoms with Crippen LogP contribution in [0.1, 0.15) is 41.3 Å². The summed E-state index contributed by atoms with van der Waals surface area (Å²) in [6.07, 6.45) is 2.22. The molecule has 0 aliphatic heterocycles. The molecule has 0 spiro atoms. The first-order valence-corrected chi connectivity index (χ1v) is 15.1. The second-order valence-corrected chi connectivity index (χ2v) is 11.4. The van der Waals surface area contributed by atoms with Crippen LogP contribution < -0.4 is 9.62 Å². The summed E-state index contributed by atoms with van der Waals surface area (Å²) in [5.74, 6) is -0.118. The highest BCUT2D eigenvalue weighted by atomic mass is 32.2. The zero-order chi connectivity index (χ0) is 30.0. The van der Waals surface area contributed by atoms with Crippen molar-refractivity contribution >= 4 is 32.6 Å². The highest BCUT2D eigenvalue weighted by Gasteiger charge is 2.35. The molecule has 1 saturated carbocycles. The molecule has 12 nitrogen and oxygen atoms in total. The van der Waals surface area contributed by atoms with Gasteiger partial charge in [0.15, 0.2) is 0 Å². The summed E-state index contributed by atoms with van der Waals surface area (Å²) in [7, 11) is -2.27. The minimum absolute atomic E-state index is 0.0209. The Morgan fingerprint density at radius 3 is 2.40 bits per heavy atom. The van der Waals surface area contributed by atoms with Gasteiger partial charge in [-0.25, -0.2) is 17.5 Å². The molecule has 3 aromatic rings. The molecule has 1 aromatic heterocycles. The molecule has 1 aliphatic carbocycles. The SMILES string of the molecule is CN(C(=O)c1c(C2CC2)oc2ccc(S(=O)(=O)NCCCOCCOCCOCCN=[N+]=[N-])cc12)c1ccc(F)cc1. The highest BCUT2D eigenvalue weighted by Crippen LogP contribution is 2.45. The van der Waals surface area contributed by atoms with E-state index in [0.717, 1.165) is 12.8 Å². The van der Waals surface area contributed by atoms with Gasteiger partial charge in [-0.15, -0.1) is 0 Å². The second-order valence-electron chi connectivity index (χ2n) is 9.66. The highest BCUT2D eigenvalue weighted by molar-refractivity contribution is 7.89. The number of carbonyl (C=O) groups excluding carboxylic acids is 1. The molecule has 0 saturated heterocycles. The third-order valence-electron chi connectivity index (χ3n) is 6.58. The van der Waals surface area contributed by atoms with Crippen LogP contribution in [0.2, 0.25) is 0 Å². The smallest absolute Gasteiger partial charge is 0.262 e. The predicted molar refractivity (Wildman–Crippen MR) is 154 cm³/mol. The fraction of sp³-hybridized carbons (Fsp3) is 0.464. The van der Waals surface area contributed by atoms with Crippen molar-refractivity contribution in [2.24, 2.45) is 5.11 Å².